The lowest BCUT2D eigenvalue weighted by molar-refractivity contribution is -0.138. The topological polar surface area (TPSA) is 54.5 Å². The average molecular weight is 465 g/mol. The van der Waals surface area contributed by atoms with Gasteiger partial charge in [-0.3, -0.25) is 4.79 Å². The number of morpholine rings is 1. The van der Waals surface area contributed by atoms with Crippen molar-refractivity contribution < 1.29 is 35.9 Å². The number of rotatable bonds is 5. The Morgan fingerprint density at radius 1 is 1.13 bits per heavy atom. The van der Waals surface area contributed by atoms with Crippen LogP contribution < -0.4 is 10.2 Å². The van der Waals surface area contributed by atoms with Gasteiger partial charge in [-0.25, -0.2) is 4.98 Å². The Morgan fingerprint density at radius 2 is 1.84 bits per heavy atom. The van der Waals surface area contributed by atoms with Crippen molar-refractivity contribution in [2.45, 2.75) is 23.3 Å². The lowest BCUT2D eigenvalue weighted by Gasteiger charge is -2.29. The van der Waals surface area contributed by atoms with Gasteiger partial charge in [0.1, 0.15) is 5.03 Å². The second-order valence-corrected chi connectivity index (χ2v) is 7.58. The molecule has 0 bridgehead atoms. The summed E-state index contributed by atoms with van der Waals surface area (Å²) in [5.74, 6) is -0.953. The zero-order valence-electron chi connectivity index (χ0n) is 15.9. The Balaban J connectivity index is 1.79. The Hall–Kier alpha value is -2.47. The average Bonchev–Trinajstić information content (AvgIpc) is 2.71. The van der Waals surface area contributed by atoms with E-state index in [4.69, 9.17) is 4.74 Å². The Bertz CT molecular complexity index is 930. The number of pyridine rings is 1. The molecule has 2 aromatic rings. The van der Waals surface area contributed by atoms with Gasteiger partial charge in [-0.2, -0.15) is 26.3 Å². The number of carbonyl (C=O) groups excluding carboxylic acids is 1. The molecule has 12 heteroatoms. The second-order valence-electron chi connectivity index (χ2n) is 6.53. The van der Waals surface area contributed by atoms with Crippen LogP contribution in [0.3, 0.4) is 0 Å². The van der Waals surface area contributed by atoms with Crippen molar-refractivity contribution in [1.29, 1.82) is 0 Å². The maximum absolute atomic E-state index is 13.6. The van der Waals surface area contributed by atoms with Gasteiger partial charge in [0.15, 0.2) is 0 Å². The van der Waals surface area contributed by atoms with Gasteiger partial charge in [0.2, 0.25) is 0 Å². The van der Waals surface area contributed by atoms with Gasteiger partial charge < -0.3 is 15.0 Å². The first-order valence-corrected chi connectivity index (χ1v) is 9.88. The van der Waals surface area contributed by atoms with Gasteiger partial charge >= 0.3 is 11.7 Å². The number of nitrogens with one attached hydrogen (secondary N) is 1. The number of hydrogen-bond donors (Lipinski definition) is 1. The molecule has 0 spiro atoms. The summed E-state index contributed by atoms with van der Waals surface area (Å²) in [5, 5.41) is 1.68. The first-order valence-electron chi connectivity index (χ1n) is 9.06. The van der Waals surface area contributed by atoms with E-state index in [0.29, 0.717) is 32.0 Å². The van der Waals surface area contributed by atoms with Gasteiger partial charge in [-0.05, 0) is 29.8 Å². The molecule has 0 aliphatic carbocycles. The van der Waals surface area contributed by atoms with Crippen molar-refractivity contribution in [3.05, 3.63) is 53.2 Å². The van der Waals surface area contributed by atoms with Crippen LogP contribution in [0.4, 0.5) is 32.0 Å². The number of alkyl halides is 6. The van der Waals surface area contributed by atoms with E-state index in [1.807, 2.05) is 0 Å². The fourth-order valence-electron chi connectivity index (χ4n) is 3.03. The summed E-state index contributed by atoms with van der Waals surface area (Å²) in [6.07, 6.45) is -3.58. The first-order chi connectivity index (χ1) is 14.5. The zero-order valence-corrected chi connectivity index (χ0v) is 16.7. The van der Waals surface area contributed by atoms with E-state index < -0.39 is 46.5 Å². The van der Waals surface area contributed by atoms with Crippen LogP contribution in [-0.4, -0.2) is 42.7 Å². The molecule has 1 aromatic heterocycles. The summed E-state index contributed by atoms with van der Waals surface area (Å²) in [5.41, 5.74) is -5.79. The third-order valence-corrected chi connectivity index (χ3v) is 5.19. The summed E-state index contributed by atoms with van der Waals surface area (Å²) >= 11 is -0.565. The normalized spacial score (nSPS) is 15.1. The van der Waals surface area contributed by atoms with Crippen molar-refractivity contribution in [1.82, 2.24) is 10.3 Å². The third kappa shape index (κ3) is 6.26. The van der Waals surface area contributed by atoms with Crippen LogP contribution in [0, 0.1) is 0 Å². The minimum atomic E-state index is -4.67. The molecule has 1 fully saturated rings. The minimum Gasteiger partial charge on any atom is -0.378 e. The highest BCUT2D eigenvalue weighted by Crippen LogP contribution is 2.37. The van der Waals surface area contributed by atoms with Crippen LogP contribution >= 0.6 is 11.8 Å². The van der Waals surface area contributed by atoms with E-state index in [2.05, 4.69) is 10.3 Å². The molecule has 2 heterocycles. The largest absolute Gasteiger partial charge is 0.447 e. The van der Waals surface area contributed by atoms with Gasteiger partial charge in [0.25, 0.3) is 5.91 Å². The molecule has 0 unspecified atom stereocenters. The number of ether oxygens (including phenoxy) is 1. The molecule has 168 valence electrons. The van der Waals surface area contributed by atoms with Crippen LogP contribution in [-0.2, 0) is 17.5 Å². The molecular formula is C19H17F6N3O2S. The van der Waals surface area contributed by atoms with Gasteiger partial charge in [-0.15, -0.1) is 0 Å². The molecule has 1 aliphatic heterocycles. The predicted molar refractivity (Wildman–Crippen MR) is 102 cm³/mol. The first kappa shape index (κ1) is 23.2. The number of aromatic nitrogens is 1. The van der Waals surface area contributed by atoms with Crippen LogP contribution in [0.1, 0.15) is 21.5 Å². The lowest BCUT2D eigenvalue weighted by Crippen LogP contribution is -2.36. The van der Waals surface area contributed by atoms with Crippen LogP contribution in [0.25, 0.3) is 0 Å². The van der Waals surface area contributed by atoms with Crippen molar-refractivity contribution in [3.8, 4) is 0 Å². The third-order valence-electron chi connectivity index (χ3n) is 4.44. The van der Waals surface area contributed by atoms with Gasteiger partial charge in [-0.1, -0.05) is 6.07 Å². The van der Waals surface area contributed by atoms with Crippen LogP contribution in [0.2, 0.25) is 0 Å². The molecule has 1 aromatic carbocycles. The molecule has 1 saturated heterocycles. The van der Waals surface area contributed by atoms with Crippen LogP contribution in [0.5, 0.6) is 0 Å². The molecule has 3 rings (SSSR count). The highest BCUT2D eigenvalue weighted by Gasteiger charge is 2.35. The van der Waals surface area contributed by atoms with E-state index in [1.54, 1.807) is 4.90 Å². The number of amides is 1. The number of thioether (sulfide) groups is 1. The summed E-state index contributed by atoms with van der Waals surface area (Å²) in [6, 6.07) is 6.16. The number of halogens is 6. The summed E-state index contributed by atoms with van der Waals surface area (Å²) < 4.78 is 84.0. The fourth-order valence-corrected chi connectivity index (χ4v) is 3.63. The van der Waals surface area contributed by atoms with Crippen molar-refractivity contribution in [3.63, 3.8) is 0 Å². The fraction of sp³-hybridized carbons (Fsp3) is 0.368. The van der Waals surface area contributed by atoms with Crippen molar-refractivity contribution in [2.75, 3.05) is 31.2 Å². The lowest BCUT2D eigenvalue weighted by atomic mass is 10.0. The van der Waals surface area contributed by atoms with E-state index >= 15 is 0 Å². The number of carbonyl (C=O) groups is 1. The van der Waals surface area contributed by atoms with E-state index in [-0.39, 0.29) is 11.1 Å². The SMILES string of the molecule is O=C(NCc1ccc(N2CCOCC2)cc1C(F)(F)F)c1cccnc1SC(F)(F)F. The Kier molecular flexibility index (Phi) is 6.99. The molecule has 31 heavy (non-hydrogen) atoms. The molecule has 0 atom stereocenters. The Labute approximate surface area is 177 Å². The standard InChI is InChI=1S/C19H17F6N3O2S/c20-18(21,22)15-10-13(28-6-8-30-9-7-28)4-3-12(15)11-27-16(29)14-2-1-5-26-17(14)31-19(23,24)25/h1-5,10H,6-9,11H2,(H,27,29). The maximum atomic E-state index is 13.6. The molecule has 0 radical (unpaired) electrons. The van der Waals surface area contributed by atoms with E-state index in [0.717, 1.165) is 18.3 Å². The summed E-state index contributed by atoms with van der Waals surface area (Å²) in [4.78, 5) is 17.7. The van der Waals surface area contributed by atoms with Crippen molar-refractivity contribution >= 4 is 23.4 Å². The molecule has 1 N–H and O–H groups in total. The molecule has 0 saturated carbocycles. The number of benzene rings is 1. The van der Waals surface area contributed by atoms with E-state index in [9.17, 15) is 31.1 Å². The van der Waals surface area contributed by atoms with Crippen molar-refractivity contribution in [2.24, 2.45) is 0 Å². The number of anilines is 1. The Morgan fingerprint density at radius 3 is 2.48 bits per heavy atom. The number of hydrogen-bond acceptors (Lipinski definition) is 5. The predicted octanol–water partition coefficient (Wildman–Crippen LogP) is 4.48. The number of nitrogens with zero attached hydrogens (tertiary/aromatic N) is 2. The highest BCUT2D eigenvalue weighted by atomic mass is 32.2. The van der Waals surface area contributed by atoms with Gasteiger partial charge in [0.05, 0.1) is 24.3 Å². The molecule has 1 amide bonds. The monoisotopic (exact) mass is 465 g/mol. The molecule has 1 aliphatic rings. The highest BCUT2D eigenvalue weighted by molar-refractivity contribution is 8.00. The quantitative estimate of drug-likeness (QED) is 0.522. The van der Waals surface area contributed by atoms with Crippen LogP contribution in [0.15, 0.2) is 41.6 Å². The summed E-state index contributed by atoms with van der Waals surface area (Å²) in [6.45, 7) is 1.20. The van der Waals surface area contributed by atoms with E-state index in [1.165, 1.54) is 18.2 Å². The summed E-state index contributed by atoms with van der Waals surface area (Å²) in [7, 11) is 0. The molecule has 5 nitrogen and oxygen atoms in total. The minimum absolute atomic E-state index is 0.202. The smallest absolute Gasteiger partial charge is 0.378 e. The molecular weight excluding hydrogens is 448 g/mol. The maximum Gasteiger partial charge on any atom is 0.447 e. The second kappa shape index (κ2) is 9.35. The zero-order chi connectivity index (χ0) is 22.6. The van der Waals surface area contributed by atoms with Gasteiger partial charge in [0, 0.05) is 43.3 Å².